The van der Waals surface area contributed by atoms with Gasteiger partial charge in [-0.3, -0.25) is 14.4 Å². The van der Waals surface area contributed by atoms with E-state index in [0.717, 1.165) is 11.3 Å². The molecule has 0 aliphatic carbocycles. The first-order valence-electron chi connectivity index (χ1n) is 7.64. The molecule has 1 aliphatic rings. The summed E-state index contributed by atoms with van der Waals surface area (Å²) >= 11 is 0. The van der Waals surface area contributed by atoms with Crippen molar-refractivity contribution in [2.75, 3.05) is 25.0 Å². The quantitative estimate of drug-likeness (QED) is 0.893. The average Bonchev–Trinajstić information content (AvgIpc) is 2.89. The van der Waals surface area contributed by atoms with Crippen molar-refractivity contribution < 1.29 is 19.5 Å². The molecule has 0 spiro atoms. The van der Waals surface area contributed by atoms with Crippen LogP contribution >= 0.6 is 0 Å². The molecule has 0 saturated carbocycles. The number of rotatable bonds is 5. The highest BCUT2D eigenvalue weighted by Crippen LogP contribution is 2.26. The van der Waals surface area contributed by atoms with E-state index in [1.807, 2.05) is 31.2 Å². The zero-order valence-electron chi connectivity index (χ0n) is 13.7. The van der Waals surface area contributed by atoms with Crippen molar-refractivity contribution in [1.29, 1.82) is 0 Å². The van der Waals surface area contributed by atoms with E-state index in [2.05, 4.69) is 0 Å². The fourth-order valence-corrected chi connectivity index (χ4v) is 2.74. The van der Waals surface area contributed by atoms with Crippen LogP contribution in [0, 0.1) is 18.8 Å². The van der Waals surface area contributed by atoms with Gasteiger partial charge in [0, 0.05) is 32.2 Å². The van der Waals surface area contributed by atoms with E-state index < -0.39 is 17.8 Å². The number of hydrogen-bond acceptors (Lipinski definition) is 3. The highest BCUT2D eigenvalue weighted by Gasteiger charge is 2.36. The Morgan fingerprint density at radius 2 is 1.96 bits per heavy atom. The number of hydrogen-bond donors (Lipinski definition) is 1. The molecular formula is C17H22N2O4. The maximum atomic E-state index is 12.4. The maximum absolute atomic E-state index is 12.4. The molecule has 1 N–H and O–H groups in total. The van der Waals surface area contributed by atoms with E-state index in [1.165, 1.54) is 4.90 Å². The summed E-state index contributed by atoms with van der Waals surface area (Å²) in [7, 11) is 1.58. The summed E-state index contributed by atoms with van der Waals surface area (Å²) in [6.07, 6.45) is 0.165. The molecule has 2 atom stereocenters. The van der Waals surface area contributed by atoms with Gasteiger partial charge in [0.2, 0.25) is 11.8 Å². The molecule has 0 radical (unpaired) electrons. The number of aryl methyl sites for hydroxylation is 1. The smallest absolute Gasteiger partial charge is 0.308 e. The van der Waals surface area contributed by atoms with Gasteiger partial charge in [-0.1, -0.05) is 24.6 Å². The summed E-state index contributed by atoms with van der Waals surface area (Å²) < 4.78 is 0. The van der Waals surface area contributed by atoms with Crippen LogP contribution in [0.4, 0.5) is 5.69 Å². The van der Waals surface area contributed by atoms with E-state index >= 15 is 0 Å². The molecule has 1 aromatic rings. The highest BCUT2D eigenvalue weighted by atomic mass is 16.4. The minimum absolute atomic E-state index is 0.0770. The second-order valence-corrected chi connectivity index (χ2v) is 6.20. The summed E-state index contributed by atoms with van der Waals surface area (Å²) in [5, 5.41) is 8.93. The highest BCUT2D eigenvalue weighted by molar-refractivity contribution is 6.00. The zero-order valence-corrected chi connectivity index (χ0v) is 13.7. The lowest BCUT2D eigenvalue weighted by Crippen LogP contribution is -2.38. The molecule has 0 bridgehead atoms. The Labute approximate surface area is 135 Å². The lowest BCUT2D eigenvalue weighted by molar-refractivity contribution is -0.143. The minimum atomic E-state index is -0.937. The van der Waals surface area contributed by atoms with Crippen LogP contribution in [-0.4, -0.2) is 47.9 Å². The lowest BCUT2D eigenvalue weighted by atomic mass is 10.1. The van der Waals surface area contributed by atoms with Gasteiger partial charge in [-0.25, -0.2) is 0 Å². The van der Waals surface area contributed by atoms with Gasteiger partial charge in [0.15, 0.2) is 0 Å². The monoisotopic (exact) mass is 318 g/mol. The summed E-state index contributed by atoms with van der Waals surface area (Å²) in [6, 6.07) is 7.60. The molecule has 1 fully saturated rings. The van der Waals surface area contributed by atoms with Crippen molar-refractivity contribution in [3.8, 4) is 0 Å². The number of carbonyl (C=O) groups excluding carboxylic acids is 2. The fourth-order valence-electron chi connectivity index (χ4n) is 2.74. The Bertz CT molecular complexity index is 612. The first kappa shape index (κ1) is 17.0. The largest absolute Gasteiger partial charge is 0.481 e. The van der Waals surface area contributed by atoms with Gasteiger partial charge < -0.3 is 14.9 Å². The van der Waals surface area contributed by atoms with Crippen molar-refractivity contribution in [2.45, 2.75) is 20.3 Å². The predicted molar refractivity (Wildman–Crippen MR) is 86.1 cm³/mol. The SMILES string of the molecule is Cc1ccc(N2CC(C(=O)N(C)CC(C)C(=O)O)CC2=O)cc1. The van der Waals surface area contributed by atoms with E-state index in [1.54, 1.807) is 18.9 Å². The second kappa shape index (κ2) is 6.81. The van der Waals surface area contributed by atoms with Gasteiger partial charge in [-0.2, -0.15) is 0 Å². The molecule has 2 amide bonds. The van der Waals surface area contributed by atoms with Crippen molar-refractivity contribution in [3.63, 3.8) is 0 Å². The van der Waals surface area contributed by atoms with Crippen LogP contribution < -0.4 is 4.90 Å². The Balaban J connectivity index is 2.02. The zero-order chi connectivity index (χ0) is 17.1. The van der Waals surface area contributed by atoms with Crippen LogP contribution in [-0.2, 0) is 14.4 Å². The molecule has 124 valence electrons. The Kier molecular flexibility index (Phi) is 5.03. The molecule has 1 aromatic carbocycles. The van der Waals surface area contributed by atoms with Gasteiger partial charge in [-0.15, -0.1) is 0 Å². The number of amides is 2. The van der Waals surface area contributed by atoms with Crippen LogP contribution in [0.3, 0.4) is 0 Å². The molecule has 23 heavy (non-hydrogen) atoms. The first-order valence-corrected chi connectivity index (χ1v) is 7.64. The fraction of sp³-hybridized carbons (Fsp3) is 0.471. The minimum Gasteiger partial charge on any atom is -0.481 e. The second-order valence-electron chi connectivity index (χ2n) is 6.20. The van der Waals surface area contributed by atoms with E-state index in [4.69, 9.17) is 5.11 Å². The first-order chi connectivity index (χ1) is 10.8. The number of nitrogens with zero attached hydrogens (tertiary/aromatic N) is 2. The predicted octanol–water partition coefficient (Wildman–Crippen LogP) is 1.53. The summed E-state index contributed by atoms with van der Waals surface area (Å²) in [6.45, 7) is 4.01. The van der Waals surface area contributed by atoms with E-state index in [9.17, 15) is 14.4 Å². The molecule has 2 rings (SSSR count). The molecule has 6 heteroatoms. The number of aliphatic carboxylic acids is 1. The third-order valence-electron chi connectivity index (χ3n) is 4.17. The molecule has 0 aromatic heterocycles. The van der Waals surface area contributed by atoms with Crippen molar-refractivity contribution in [3.05, 3.63) is 29.8 Å². The van der Waals surface area contributed by atoms with Gasteiger partial charge in [0.1, 0.15) is 0 Å². The third-order valence-corrected chi connectivity index (χ3v) is 4.17. The Hall–Kier alpha value is -2.37. The number of anilines is 1. The average molecular weight is 318 g/mol. The van der Waals surface area contributed by atoms with Gasteiger partial charge in [0.25, 0.3) is 0 Å². The van der Waals surface area contributed by atoms with Gasteiger partial charge >= 0.3 is 5.97 Å². The molecule has 1 heterocycles. The van der Waals surface area contributed by atoms with Crippen LogP contribution in [0.15, 0.2) is 24.3 Å². The molecule has 6 nitrogen and oxygen atoms in total. The standard InChI is InChI=1S/C17H22N2O4/c1-11-4-6-14(7-5-11)19-10-13(8-15(19)20)16(21)18(3)9-12(2)17(22)23/h4-7,12-13H,8-10H2,1-3H3,(H,22,23). The molecule has 1 saturated heterocycles. The third kappa shape index (κ3) is 3.88. The van der Waals surface area contributed by atoms with Gasteiger partial charge in [-0.05, 0) is 19.1 Å². The Morgan fingerprint density at radius 1 is 1.35 bits per heavy atom. The summed E-state index contributed by atoms with van der Waals surface area (Å²) in [5.74, 6) is -2.24. The molecular weight excluding hydrogens is 296 g/mol. The van der Waals surface area contributed by atoms with Gasteiger partial charge in [0.05, 0.1) is 11.8 Å². The lowest BCUT2D eigenvalue weighted by Gasteiger charge is -2.23. The van der Waals surface area contributed by atoms with E-state index in [-0.39, 0.29) is 24.8 Å². The maximum Gasteiger partial charge on any atom is 0.308 e. The molecule has 1 aliphatic heterocycles. The Morgan fingerprint density at radius 3 is 2.52 bits per heavy atom. The van der Waals surface area contributed by atoms with Crippen LogP contribution in [0.1, 0.15) is 18.9 Å². The number of carbonyl (C=O) groups is 3. The van der Waals surface area contributed by atoms with Crippen molar-refractivity contribution >= 4 is 23.5 Å². The van der Waals surface area contributed by atoms with E-state index in [0.29, 0.717) is 6.54 Å². The molecule has 2 unspecified atom stereocenters. The number of benzene rings is 1. The number of carboxylic acid groups (broad SMARTS) is 1. The van der Waals surface area contributed by atoms with Crippen LogP contribution in [0.5, 0.6) is 0 Å². The summed E-state index contributed by atoms with van der Waals surface area (Å²) in [4.78, 5) is 38.6. The number of carboxylic acids is 1. The van der Waals surface area contributed by atoms with Crippen molar-refractivity contribution in [1.82, 2.24) is 4.90 Å². The topological polar surface area (TPSA) is 77.9 Å². The van der Waals surface area contributed by atoms with Crippen molar-refractivity contribution in [2.24, 2.45) is 11.8 Å². The van der Waals surface area contributed by atoms with Crippen LogP contribution in [0.2, 0.25) is 0 Å². The normalized spacial score (nSPS) is 18.8. The van der Waals surface area contributed by atoms with Crippen LogP contribution in [0.25, 0.3) is 0 Å². The summed E-state index contributed by atoms with van der Waals surface area (Å²) in [5.41, 5.74) is 1.90.